The van der Waals surface area contributed by atoms with Crippen LogP contribution in [0.25, 0.3) is 0 Å². The first-order valence-electron chi connectivity index (χ1n) is 8.65. The fraction of sp³-hybridized carbons (Fsp3) is 0.421. The Morgan fingerprint density at radius 2 is 2.04 bits per heavy atom. The van der Waals surface area contributed by atoms with Crippen molar-refractivity contribution in [3.63, 3.8) is 0 Å². The number of allylic oxidation sites excluding steroid dienone is 2. The lowest BCUT2D eigenvalue weighted by molar-refractivity contribution is -0.429. The van der Waals surface area contributed by atoms with Crippen LogP contribution in [0.3, 0.4) is 0 Å². The molecule has 1 N–H and O–H groups in total. The van der Waals surface area contributed by atoms with Gasteiger partial charge in [0.05, 0.1) is 16.6 Å². The lowest BCUT2D eigenvalue weighted by Crippen LogP contribution is -2.43. The van der Waals surface area contributed by atoms with Crippen molar-refractivity contribution >= 4 is 23.8 Å². The number of nitrogens with one attached hydrogen (secondary N) is 1. The Morgan fingerprint density at radius 3 is 2.77 bits per heavy atom. The van der Waals surface area contributed by atoms with Gasteiger partial charge in [-0.05, 0) is 39.5 Å². The summed E-state index contributed by atoms with van der Waals surface area (Å²) in [5, 5.41) is 14.7. The molecule has 1 aliphatic carbocycles. The SMILES string of the molecule is CN(C)CCCCN=C1c2ccccc2NC2C([N+](=O)[O-])=CC=CC12.Cl. The van der Waals surface area contributed by atoms with Crippen LogP contribution in [0.2, 0.25) is 0 Å². The Labute approximate surface area is 160 Å². The number of hydrogen-bond donors (Lipinski definition) is 1. The smallest absolute Gasteiger partial charge is 0.269 e. The minimum absolute atomic E-state index is 0. The van der Waals surface area contributed by atoms with E-state index >= 15 is 0 Å². The molecule has 1 aromatic carbocycles. The van der Waals surface area contributed by atoms with E-state index in [0.29, 0.717) is 0 Å². The molecule has 0 radical (unpaired) electrons. The fourth-order valence-electron chi connectivity index (χ4n) is 3.37. The number of para-hydroxylation sites is 1. The highest BCUT2D eigenvalue weighted by Gasteiger charge is 2.40. The van der Waals surface area contributed by atoms with Crippen molar-refractivity contribution in [1.82, 2.24) is 4.90 Å². The minimum atomic E-state index is -0.365. The summed E-state index contributed by atoms with van der Waals surface area (Å²) in [6, 6.07) is 7.56. The number of nitro groups is 1. The molecule has 6 nitrogen and oxygen atoms in total. The molecule has 0 aromatic heterocycles. The van der Waals surface area contributed by atoms with Crippen LogP contribution in [0.15, 0.2) is 53.2 Å². The van der Waals surface area contributed by atoms with Crippen molar-refractivity contribution in [2.24, 2.45) is 10.9 Å². The van der Waals surface area contributed by atoms with Gasteiger partial charge in [-0.1, -0.05) is 30.4 Å². The highest BCUT2D eigenvalue weighted by molar-refractivity contribution is 6.10. The van der Waals surface area contributed by atoms with Crippen molar-refractivity contribution in [1.29, 1.82) is 0 Å². The Bertz CT molecular complexity index is 743. The second-order valence-electron chi connectivity index (χ2n) is 6.70. The highest BCUT2D eigenvalue weighted by Crippen LogP contribution is 2.35. The van der Waals surface area contributed by atoms with E-state index in [1.54, 1.807) is 12.2 Å². The van der Waals surface area contributed by atoms with Crippen molar-refractivity contribution in [3.8, 4) is 0 Å². The first-order chi connectivity index (χ1) is 12.1. The van der Waals surface area contributed by atoms with E-state index in [-0.39, 0.29) is 35.0 Å². The number of anilines is 1. The fourth-order valence-corrected chi connectivity index (χ4v) is 3.37. The zero-order valence-corrected chi connectivity index (χ0v) is 15.9. The van der Waals surface area contributed by atoms with Gasteiger partial charge < -0.3 is 10.2 Å². The van der Waals surface area contributed by atoms with E-state index in [4.69, 9.17) is 4.99 Å². The number of aliphatic imine (C=N–C) groups is 1. The Hall–Kier alpha value is -2.18. The molecule has 1 heterocycles. The molecular formula is C19H25ClN4O2. The first kappa shape index (κ1) is 20.1. The summed E-state index contributed by atoms with van der Waals surface area (Å²) in [4.78, 5) is 18.1. The van der Waals surface area contributed by atoms with Gasteiger partial charge in [-0.3, -0.25) is 15.1 Å². The third kappa shape index (κ3) is 4.31. The number of rotatable bonds is 6. The van der Waals surface area contributed by atoms with E-state index in [1.165, 1.54) is 0 Å². The van der Waals surface area contributed by atoms with E-state index in [1.807, 2.05) is 30.3 Å². The molecule has 26 heavy (non-hydrogen) atoms. The van der Waals surface area contributed by atoms with Gasteiger partial charge in [-0.2, -0.15) is 0 Å². The van der Waals surface area contributed by atoms with Crippen molar-refractivity contribution in [3.05, 3.63) is 63.9 Å². The summed E-state index contributed by atoms with van der Waals surface area (Å²) >= 11 is 0. The van der Waals surface area contributed by atoms with Gasteiger partial charge in [-0.25, -0.2) is 0 Å². The van der Waals surface area contributed by atoms with Crippen molar-refractivity contribution in [2.75, 3.05) is 32.5 Å². The summed E-state index contributed by atoms with van der Waals surface area (Å²) in [7, 11) is 4.13. The van der Waals surface area contributed by atoms with E-state index in [2.05, 4.69) is 24.3 Å². The maximum absolute atomic E-state index is 11.4. The van der Waals surface area contributed by atoms with Crippen LogP contribution in [0.5, 0.6) is 0 Å². The molecule has 0 saturated heterocycles. The summed E-state index contributed by atoms with van der Waals surface area (Å²) < 4.78 is 0. The molecule has 2 atom stereocenters. The Balaban J connectivity index is 0.00000243. The average Bonchev–Trinajstić information content (AvgIpc) is 2.59. The Kier molecular flexibility index (Phi) is 6.94. The number of fused-ring (bicyclic) bond motifs is 2. The lowest BCUT2D eigenvalue weighted by Gasteiger charge is -2.34. The van der Waals surface area contributed by atoms with Gasteiger partial charge >= 0.3 is 0 Å². The topological polar surface area (TPSA) is 70.8 Å². The van der Waals surface area contributed by atoms with Crippen molar-refractivity contribution < 1.29 is 4.92 Å². The van der Waals surface area contributed by atoms with Crippen LogP contribution in [0, 0.1) is 16.0 Å². The molecule has 0 spiro atoms. The van der Waals surface area contributed by atoms with Gasteiger partial charge in [0.1, 0.15) is 6.04 Å². The Morgan fingerprint density at radius 1 is 1.27 bits per heavy atom. The number of nitrogens with zero attached hydrogens (tertiary/aromatic N) is 3. The van der Waals surface area contributed by atoms with E-state index in [9.17, 15) is 10.1 Å². The van der Waals surface area contributed by atoms with Gasteiger partial charge in [0, 0.05) is 23.9 Å². The third-order valence-corrected chi connectivity index (χ3v) is 4.60. The second-order valence-corrected chi connectivity index (χ2v) is 6.70. The zero-order chi connectivity index (χ0) is 17.8. The average molecular weight is 377 g/mol. The second kappa shape index (κ2) is 8.96. The molecule has 1 aliphatic heterocycles. The third-order valence-electron chi connectivity index (χ3n) is 4.60. The van der Waals surface area contributed by atoms with Crippen LogP contribution in [-0.2, 0) is 0 Å². The van der Waals surface area contributed by atoms with E-state index in [0.717, 1.165) is 42.9 Å². The first-order valence-corrected chi connectivity index (χ1v) is 8.65. The molecule has 0 fully saturated rings. The molecule has 2 aliphatic rings. The summed E-state index contributed by atoms with van der Waals surface area (Å²) in [6.45, 7) is 1.79. The summed E-state index contributed by atoms with van der Waals surface area (Å²) in [6.07, 6.45) is 7.47. The number of hydrogen-bond acceptors (Lipinski definition) is 5. The van der Waals surface area contributed by atoms with Gasteiger partial charge in [-0.15, -0.1) is 12.4 Å². The number of benzene rings is 1. The summed E-state index contributed by atoms with van der Waals surface area (Å²) in [5.41, 5.74) is 3.11. The molecular weight excluding hydrogens is 352 g/mol. The van der Waals surface area contributed by atoms with Crippen molar-refractivity contribution in [2.45, 2.75) is 18.9 Å². The zero-order valence-electron chi connectivity index (χ0n) is 15.1. The molecule has 140 valence electrons. The maximum Gasteiger partial charge on any atom is 0.269 e. The van der Waals surface area contributed by atoms with Crippen LogP contribution >= 0.6 is 12.4 Å². The lowest BCUT2D eigenvalue weighted by atomic mass is 9.81. The minimum Gasteiger partial charge on any atom is -0.371 e. The number of unbranched alkanes of at least 4 members (excludes halogenated alkanes) is 1. The molecule has 0 saturated carbocycles. The predicted molar refractivity (Wildman–Crippen MR) is 108 cm³/mol. The molecule has 7 heteroatoms. The van der Waals surface area contributed by atoms with Gasteiger partial charge in [0.15, 0.2) is 0 Å². The molecule has 0 bridgehead atoms. The maximum atomic E-state index is 11.4. The molecule has 3 rings (SSSR count). The van der Waals surface area contributed by atoms with Gasteiger partial charge in [0.2, 0.25) is 0 Å². The number of halogens is 1. The highest BCUT2D eigenvalue weighted by atomic mass is 35.5. The van der Waals surface area contributed by atoms with Crippen LogP contribution in [0.4, 0.5) is 5.69 Å². The molecule has 2 unspecified atom stereocenters. The monoisotopic (exact) mass is 376 g/mol. The van der Waals surface area contributed by atoms with E-state index < -0.39 is 0 Å². The largest absolute Gasteiger partial charge is 0.371 e. The quantitative estimate of drug-likeness (QED) is 0.469. The van der Waals surface area contributed by atoms with Crippen LogP contribution in [-0.4, -0.2) is 48.8 Å². The van der Waals surface area contributed by atoms with Gasteiger partial charge in [0.25, 0.3) is 5.70 Å². The summed E-state index contributed by atoms with van der Waals surface area (Å²) in [5.74, 6) is -0.103. The van der Waals surface area contributed by atoms with Crippen LogP contribution in [0.1, 0.15) is 18.4 Å². The molecule has 1 aromatic rings. The predicted octanol–water partition coefficient (Wildman–Crippen LogP) is 3.38. The molecule has 0 amide bonds. The normalized spacial score (nSPS) is 22.1. The van der Waals surface area contributed by atoms with Crippen LogP contribution < -0.4 is 5.32 Å². The standard InChI is InChI=1S/C19H24N4O2.ClH/c1-22(2)13-6-5-12-20-18-14-8-3-4-10-16(14)21-19-15(18)9-7-11-17(19)23(24)25;/h3-4,7-11,15,19,21H,5-6,12-13H2,1-2H3;1H.